The standard InChI is InChI=1S/C10H14ClNO3S/c1-8(6-13)7-16(14,15)12-10-5-3-2-4-9(10)11/h2-5,8,12-13H,6-7H2,1H3. The van der Waals surface area contributed by atoms with Crippen molar-refractivity contribution in [1.82, 2.24) is 0 Å². The minimum Gasteiger partial charge on any atom is -0.396 e. The first kappa shape index (κ1) is 13.3. The maximum Gasteiger partial charge on any atom is 0.233 e. The average Bonchev–Trinajstić information content (AvgIpc) is 2.20. The van der Waals surface area contributed by atoms with Crippen LogP contribution in [0.2, 0.25) is 5.02 Å². The first-order chi connectivity index (χ1) is 7.44. The first-order valence-corrected chi connectivity index (χ1v) is 6.83. The van der Waals surface area contributed by atoms with Crippen LogP contribution in [0.1, 0.15) is 6.92 Å². The summed E-state index contributed by atoms with van der Waals surface area (Å²) < 4.78 is 25.7. The van der Waals surface area contributed by atoms with Gasteiger partial charge < -0.3 is 5.11 Å². The number of hydrogen-bond acceptors (Lipinski definition) is 3. The van der Waals surface area contributed by atoms with Crippen molar-refractivity contribution in [3.05, 3.63) is 29.3 Å². The molecule has 0 saturated carbocycles. The van der Waals surface area contributed by atoms with E-state index >= 15 is 0 Å². The second kappa shape index (κ2) is 5.52. The topological polar surface area (TPSA) is 66.4 Å². The van der Waals surface area contributed by atoms with Crippen molar-refractivity contribution in [2.24, 2.45) is 5.92 Å². The Morgan fingerprint density at radius 3 is 2.62 bits per heavy atom. The van der Waals surface area contributed by atoms with E-state index in [4.69, 9.17) is 16.7 Å². The summed E-state index contributed by atoms with van der Waals surface area (Å²) in [5.74, 6) is -0.436. The molecule has 1 unspecified atom stereocenters. The number of aliphatic hydroxyl groups excluding tert-OH is 1. The molecule has 0 heterocycles. The van der Waals surface area contributed by atoms with Crippen LogP contribution in [-0.2, 0) is 10.0 Å². The van der Waals surface area contributed by atoms with Crippen LogP contribution in [0.5, 0.6) is 0 Å². The molecule has 0 aliphatic carbocycles. The summed E-state index contributed by atoms with van der Waals surface area (Å²) in [4.78, 5) is 0. The highest BCUT2D eigenvalue weighted by atomic mass is 35.5. The van der Waals surface area contributed by atoms with Crippen LogP contribution >= 0.6 is 11.6 Å². The smallest absolute Gasteiger partial charge is 0.233 e. The molecule has 0 amide bonds. The molecule has 4 nitrogen and oxygen atoms in total. The zero-order valence-corrected chi connectivity index (χ0v) is 10.4. The monoisotopic (exact) mass is 263 g/mol. The lowest BCUT2D eigenvalue weighted by Gasteiger charge is -2.12. The van der Waals surface area contributed by atoms with E-state index in [0.717, 1.165) is 0 Å². The number of halogens is 1. The lowest BCUT2D eigenvalue weighted by molar-refractivity contribution is 0.249. The maximum absolute atomic E-state index is 11.6. The van der Waals surface area contributed by atoms with Crippen molar-refractivity contribution in [2.45, 2.75) is 6.92 Å². The highest BCUT2D eigenvalue weighted by molar-refractivity contribution is 7.92. The fourth-order valence-corrected chi connectivity index (χ4v) is 2.87. The summed E-state index contributed by atoms with van der Waals surface area (Å²) in [5, 5.41) is 9.15. The minimum absolute atomic E-state index is 0.130. The van der Waals surface area contributed by atoms with Crippen LogP contribution in [-0.4, -0.2) is 25.9 Å². The van der Waals surface area contributed by atoms with Crippen molar-refractivity contribution in [1.29, 1.82) is 0 Å². The summed E-state index contributed by atoms with van der Waals surface area (Å²) in [7, 11) is -3.46. The van der Waals surface area contributed by atoms with E-state index < -0.39 is 10.0 Å². The van der Waals surface area contributed by atoms with Gasteiger partial charge in [-0.15, -0.1) is 0 Å². The first-order valence-electron chi connectivity index (χ1n) is 4.80. The fraction of sp³-hybridized carbons (Fsp3) is 0.400. The maximum atomic E-state index is 11.6. The molecule has 0 fully saturated rings. The molecule has 90 valence electrons. The summed E-state index contributed by atoms with van der Waals surface area (Å²) in [5.41, 5.74) is 0.356. The van der Waals surface area contributed by atoms with Gasteiger partial charge in [0, 0.05) is 6.61 Å². The molecule has 2 N–H and O–H groups in total. The van der Waals surface area contributed by atoms with Crippen molar-refractivity contribution in [3.8, 4) is 0 Å². The zero-order chi connectivity index (χ0) is 12.2. The number of rotatable bonds is 5. The van der Waals surface area contributed by atoms with Gasteiger partial charge in [-0.3, -0.25) is 4.72 Å². The van der Waals surface area contributed by atoms with E-state index in [1.54, 1.807) is 31.2 Å². The Labute approximate surface area is 100 Å². The van der Waals surface area contributed by atoms with Crippen LogP contribution in [0.25, 0.3) is 0 Å². The minimum atomic E-state index is -3.46. The molecule has 1 rings (SSSR count). The number of anilines is 1. The van der Waals surface area contributed by atoms with Gasteiger partial charge in [0.1, 0.15) is 0 Å². The van der Waals surface area contributed by atoms with E-state index in [1.165, 1.54) is 0 Å². The largest absolute Gasteiger partial charge is 0.396 e. The Kier molecular flexibility index (Phi) is 4.58. The lowest BCUT2D eigenvalue weighted by Crippen LogP contribution is -2.23. The molecule has 0 aliphatic rings. The molecule has 16 heavy (non-hydrogen) atoms. The van der Waals surface area contributed by atoms with Crippen LogP contribution in [0.4, 0.5) is 5.69 Å². The Balaban J connectivity index is 2.77. The van der Waals surface area contributed by atoms with Gasteiger partial charge in [0.05, 0.1) is 16.5 Å². The summed E-state index contributed by atoms with van der Waals surface area (Å²) in [6.07, 6.45) is 0. The van der Waals surface area contributed by atoms with Crippen molar-refractivity contribution in [2.75, 3.05) is 17.1 Å². The quantitative estimate of drug-likeness (QED) is 0.850. The molecular weight excluding hydrogens is 250 g/mol. The SMILES string of the molecule is CC(CO)CS(=O)(=O)Nc1ccccc1Cl. The highest BCUT2D eigenvalue weighted by Crippen LogP contribution is 2.22. The van der Waals surface area contributed by atoms with Gasteiger partial charge in [0.2, 0.25) is 10.0 Å². The number of nitrogens with one attached hydrogen (secondary N) is 1. The third kappa shape index (κ3) is 4.00. The number of benzene rings is 1. The number of sulfonamides is 1. The van der Waals surface area contributed by atoms with Gasteiger partial charge in [-0.1, -0.05) is 30.7 Å². The molecule has 0 bridgehead atoms. The number of para-hydroxylation sites is 1. The molecular formula is C10H14ClNO3S. The predicted octanol–water partition coefficient (Wildman–Crippen LogP) is 1.71. The second-order valence-corrected chi connectivity index (χ2v) is 5.83. The van der Waals surface area contributed by atoms with Gasteiger partial charge in [0.15, 0.2) is 0 Å². The average molecular weight is 264 g/mol. The molecule has 0 aliphatic heterocycles. The van der Waals surface area contributed by atoms with Crippen molar-refractivity contribution < 1.29 is 13.5 Å². The van der Waals surface area contributed by atoms with Crippen molar-refractivity contribution in [3.63, 3.8) is 0 Å². The third-order valence-corrected chi connectivity index (χ3v) is 3.82. The van der Waals surface area contributed by atoms with Gasteiger partial charge in [-0.05, 0) is 18.1 Å². The predicted molar refractivity (Wildman–Crippen MR) is 65.1 cm³/mol. The third-order valence-electron chi connectivity index (χ3n) is 1.95. The van der Waals surface area contributed by atoms with Gasteiger partial charge in [-0.2, -0.15) is 0 Å². The Bertz CT molecular complexity index is 447. The van der Waals surface area contributed by atoms with Crippen LogP contribution in [0.3, 0.4) is 0 Å². The molecule has 0 spiro atoms. The molecule has 0 radical (unpaired) electrons. The van der Waals surface area contributed by atoms with Crippen LogP contribution in [0.15, 0.2) is 24.3 Å². The van der Waals surface area contributed by atoms with E-state index in [2.05, 4.69) is 4.72 Å². The summed E-state index contributed by atoms with van der Waals surface area (Å²) in [6.45, 7) is 1.50. The second-order valence-electron chi connectivity index (χ2n) is 3.65. The molecule has 1 aromatic carbocycles. The van der Waals surface area contributed by atoms with E-state index in [-0.39, 0.29) is 18.3 Å². The Morgan fingerprint density at radius 1 is 1.44 bits per heavy atom. The molecule has 0 aromatic heterocycles. The fourth-order valence-electron chi connectivity index (χ4n) is 1.18. The van der Waals surface area contributed by atoms with Gasteiger partial charge in [0.25, 0.3) is 0 Å². The van der Waals surface area contributed by atoms with E-state index in [9.17, 15) is 8.42 Å². The van der Waals surface area contributed by atoms with E-state index in [0.29, 0.717) is 10.7 Å². The Morgan fingerprint density at radius 2 is 2.06 bits per heavy atom. The molecule has 0 saturated heterocycles. The number of aliphatic hydroxyl groups is 1. The number of hydrogen-bond donors (Lipinski definition) is 2. The lowest BCUT2D eigenvalue weighted by atomic mass is 10.2. The normalized spacial score (nSPS) is 13.4. The highest BCUT2D eigenvalue weighted by Gasteiger charge is 2.16. The summed E-state index contributed by atoms with van der Waals surface area (Å²) >= 11 is 5.82. The van der Waals surface area contributed by atoms with Gasteiger partial charge >= 0.3 is 0 Å². The van der Waals surface area contributed by atoms with E-state index in [1.807, 2.05) is 0 Å². The van der Waals surface area contributed by atoms with Crippen LogP contribution in [0, 0.1) is 5.92 Å². The van der Waals surface area contributed by atoms with Crippen LogP contribution < -0.4 is 4.72 Å². The molecule has 1 atom stereocenters. The molecule has 6 heteroatoms. The Hall–Kier alpha value is -0.780. The zero-order valence-electron chi connectivity index (χ0n) is 8.85. The summed E-state index contributed by atoms with van der Waals surface area (Å²) in [6, 6.07) is 6.61. The molecule has 1 aromatic rings. The van der Waals surface area contributed by atoms with Crippen molar-refractivity contribution >= 4 is 27.3 Å². The van der Waals surface area contributed by atoms with Gasteiger partial charge in [-0.25, -0.2) is 8.42 Å².